The molecule has 38 heavy (non-hydrogen) atoms. The molecule has 0 spiro atoms. The molecule has 3 aromatic carbocycles. The number of methoxy groups -OCH3 is 6. The number of hydrogen-bond donors (Lipinski definition) is 2. The molecular formula is C28H33NO9. The van der Waals surface area contributed by atoms with Crippen LogP contribution >= 0.6 is 0 Å². The minimum Gasteiger partial charge on any atom is -0.507 e. The van der Waals surface area contributed by atoms with E-state index in [0.29, 0.717) is 17.1 Å². The van der Waals surface area contributed by atoms with E-state index in [4.69, 9.17) is 34.2 Å². The summed E-state index contributed by atoms with van der Waals surface area (Å²) in [5, 5.41) is 12.2. The van der Waals surface area contributed by atoms with E-state index in [1.54, 1.807) is 32.0 Å². The van der Waals surface area contributed by atoms with E-state index in [2.05, 4.69) is 0 Å². The molecule has 3 aromatic rings. The number of fused-ring (bicyclic) bond motifs is 1. The number of amides is 1. The van der Waals surface area contributed by atoms with Gasteiger partial charge in [-0.2, -0.15) is 0 Å². The lowest BCUT2D eigenvalue weighted by Gasteiger charge is -2.34. The van der Waals surface area contributed by atoms with E-state index >= 15 is 0 Å². The number of phenols is 1. The minimum absolute atomic E-state index is 0.0525. The Kier molecular flexibility index (Phi) is 8.14. The number of primary amides is 1. The van der Waals surface area contributed by atoms with E-state index in [9.17, 15) is 14.7 Å². The number of esters is 1. The van der Waals surface area contributed by atoms with Gasteiger partial charge in [-0.05, 0) is 43.7 Å². The summed E-state index contributed by atoms with van der Waals surface area (Å²) in [6, 6.07) is 8.13. The van der Waals surface area contributed by atoms with E-state index < -0.39 is 23.2 Å². The second kappa shape index (κ2) is 11.0. The number of aromatic hydroxyl groups is 1. The number of carbonyl (C=O) groups is 2. The van der Waals surface area contributed by atoms with Gasteiger partial charge >= 0.3 is 5.97 Å². The van der Waals surface area contributed by atoms with Gasteiger partial charge in [-0.15, -0.1) is 0 Å². The van der Waals surface area contributed by atoms with Crippen molar-refractivity contribution in [1.82, 2.24) is 0 Å². The van der Waals surface area contributed by atoms with Gasteiger partial charge in [0, 0.05) is 22.3 Å². The van der Waals surface area contributed by atoms with Crippen LogP contribution in [0.2, 0.25) is 0 Å². The van der Waals surface area contributed by atoms with Crippen LogP contribution in [-0.4, -0.2) is 59.6 Å². The first kappa shape index (κ1) is 28.2. The third-order valence-electron chi connectivity index (χ3n) is 6.68. The molecule has 0 saturated heterocycles. The van der Waals surface area contributed by atoms with Crippen molar-refractivity contribution in [2.75, 3.05) is 42.7 Å². The number of carbonyl (C=O) groups excluding carboxylic acids is 2. The zero-order valence-corrected chi connectivity index (χ0v) is 22.8. The van der Waals surface area contributed by atoms with Gasteiger partial charge < -0.3 is 39.3 Å². The SMILES string of the molecule is COC(=O)C(C)(C)C(c1ccc(OC)c(OC)c1)c1cc(C(N)=O)c2c(OC)c(OC)c(OC)cc2c1O. The van der Waals surface area contributed by atoms with Crippen LogP contribution in [0.3, 0.4) is 0 Å². The fraction of sp³-hybridized carbons (Fsp3) is 0.357. The fourth-order valence-electron chi connectivity index (χ4n) is 4.87. The fourth-order valence-corrected chi connectivity index (χ4v) is 4.87. The van der Waals surface area contributed by atoms with Crippen LogP contribution in [0, 0.1) is 5.41 Å². The van der Waals surface area contributed by atoms with Crippen molar-refractivity contribution >= 4 is 22.6 Å². The zero-order chi connectivity index (χ0) is 28.4. The number of rotatable bonds is 10. The van der Waals surface area contributed by atoms with Crippen LogP contribution in [0.25, 0.3) is 10.8 Å². The predicted octanol–water partition coefficient (Wildman–Crippen LogP) is 4.02. The highest BCUT2D eigenvalue weighted by molar-refractivity contribution is 6.12. The van der Waals surface area contributed by atoms with Crippen molar-refractivity contribution in [2.45, 2.75) is 19.8 Å². The first-order chi connectivity index (χ1) is 18.0. The van der Waals surface area contributed by atoms with E-state index in [1.807, 2.05) is 0 Å². The zero-order valence-electron chi connectivity index (χ0n) is 22.8. The molecule has 3 rings (SSSR count). The summed E-state index contributed by atoms with van der Waals surface area (Å²) in [5.41, 5.74) is 5.50. The summed E-state index contributed by atoms with van der Waals surface area (Å²) in [6.45, 7) is 3.37. The van der Waals surface area contributed by atoms with Gasteiger partial charge in [0.05, 0.1) is 53.6 Å². The molecule has 204 valence electrons. The van der Waals surface area contributed by atoms with Gasteiger partial charge in [-0.25, -0.2) is 0 Å². The highest BCUT2D eigenvalue weighted by Gasteiger charge is 2.42. The predicted molar refractivity (Wildman–Crippen MR) is 141 cm³/mol. The van der Waals surface area contributed by atoms with Gasteiger partial charge in [0.15, 0.2) is 23.0 Å². The lowest BCUT2D eigenvalue weighted by Crippen LogP contribution is -2.33. The Morgan fingerprint density at radius 2 is 1.42 bits per heavy atom. The Hall–Kier alpha value is -4.34. The minimum atomic E-state index is -1.23. The molecule has 0 fully saturated rings. The Labute approximate surface area is 221 Å². The number of ether oxygens (including phenoxy) is 6. The molecule has 0 heterocycles. The van der Waals surface area contributed by atoms with Crippen LogP contribution in [0.1, 0.15) is 41.3 Å². The maximum Gasteiger partial charge on any atom is 0.312 e. The molecule has 0 bridgehead atoms. The monoisotopic (exact) mass is 527 g/mol. The van der Waals surface area contributed by atoms with E-state index in [0.717, 1.165) is 0 Å². The molecule has 0 radical (unpaired) electrons. The smallest absolute Gasteiger partial charge is 0.312 e. The van der Waals surface area contributed by atoms with Crippen LogP contribution in [0.5, 0.6) is 34.5 Å². The molecule has 10 heteroatoms. The second-order valence-corrected chi connectivity index (χ2v) is 9.05. The Morgan fingerprint density at radius 1 is 0.816 bits per heavy atom. The molecule has 10 nitrogen and oxygen atoms in total. The van der Waals surface area contributed by atoms with Crippen LogP contribution in [0.15, 0.2) is 30.3 Å². The van der Waals surface area contributed by atoms with Crippen molar-refractivity contribution < 1.29 is 43.1 Å². The highest BCUT2D eigenvalue weighted by Crippen LogP contribution is 2.52. The number of nitrogens with two attached hydrogens (primary N) is 1. The Bertz CT molecular complexity index is 1380. The average molecular weight is 528 g/mol. The lowest BCUT2D eigenvalue weighted by molar-refractivity contribution is -0.151. The van der Waals surface area contributed by atoms with Crippen molar-refractivity contribution in [1.29, 1.82) is 0 Å². The van der Waals surface area contributed by atoms with Crippen molar-refractivity contribution in [3.8, 4) is 34.5 Å². The molecule has 0 saturated carbocycles. The second-order valence-electron chi connectivity index (χ2n) is 9.05. The Balaban J connectivity index is 2.53. The molecule has 1 atom stereocenters. The normalized spacial score (nSPS) is 12.0. The quantitative estimate of drug-likeness (QED) is 0.375. The molecule has 1 unspecified atom stereocenters. The van der Waals surface area contributed by atoms with Gasteiger partial charge in [-0.3, -0.25) is 9.59 Å². The summed E-state index contributed by atoms with van der Waals surface area (Å²) in [7, 11) is 8.55. The largest absolute Gasteiger partial charge is 0.507 e. The third-order valence-corrected chi connectivity index (χ3v) is 6.68. The summed E-state index contributed by atoms with van der Waals surface area (Å²) in [4.78, 5) is 25.8. The average Bonchev–Trinajstić information content (AvgIpc) is 2.92. The standard InChI is InChI=1S/C28H33NO9/c1-28(2,27(32)38-8)22(14-9-10-18(33-3)19(11-14)34-4)17-12-16(26(29)31)21-15(23(17)30)13-20(35-5)24(36-6)25(21)37-7/h9-13,22,30H,1-8H3,(H2,29,31). The van der Waals surface area contributed by atoms with Crippen LogP contribution in [-0.2, 0) is 9.53 Å². The van der Waals surface area contributed by atoms with Crippen molar-refractivity contribution in [3.63, 3.8) is 0 Å². The number of benzene rings is 3. The van der Waals surface area contributed by atoms with Gasteiger partial charge in [0.25, 0.3) is 0 Å². The van der Waals surface area contributed by atoms with Crippen LogP contribution in [0.4, 0.5) is 0 Å². The summed E-state index contributed by atoms with van der Waals surface area (Å²) in [5.74, 6) is -0.805. The molecule has 1 amide bonds. The number of hydrogen-bond acceptors (Lipinski definition) is 9. The van der Waals surface area contributed by atoms with Crippen molar-refractivity contribution in [3.05, 3.63) is 47.0 Å². The topological polar surface area (TPSA) is 136 Å². The maximum absolute atomic E-state index is 13.1. The van der Waals surface area contributed by atoms with Gasteiger partial charge in [-0.1, -0.05) is 6.07 Å². The first-order valence-corrected chi connectivity index (χ1v) is 11.6. The number of phenolic OH excluding ortho intramolecular Hbond substituents is 1. The lowest BCUT2D eigenvalue weighted by atomic mass is 9.70. The van der Waals surface area contributed by atoms with E-state index in [-0.39, 0.29) is 44.9 Å². The molecule has 3 N–H and O–H groups in total. The molecule has 0 aliphatic carbocycles. The summed E-state index contributed by atoms with van der Waals surface area (Å²) < 4.78 is 32.5. The molecule has 0 aromatic heterocycles. The molecular weight excluding hydrogens is 494 g/mol. The van der Waals surface area contributed by atoms with E-state index in [1.165, 1.54) is 54.8 Å². The third kappa shape index (κ3) is 4.57. The highest BCUT2D eigenvalue weighted by atomic mass is 16.5. The summed E-state index contributed by atoms with van der Waals surface area (Å²) in [6.07, 6.45) is 0. The molecule has 0 aliphatic rings. The van der Waals surface area contributed by atoms with Gasteiger partial charge in [0.2, 0.25) is 11.7 Å². The Morgan fingerprint density at radius 3 is 1.92 bits per heavy atom. The summed E-state index contributed by atoms with van der Waals surface area (Å²) >= 11 is 0. The van der Waals surface area contributed by atoms with Gasteiger partial charge in [0.1, 0.15) is 5.75 Å². The van der Waals surface area contributed by atoms with Crippen molar-refractivity contribution in [2.24, 2.45) is 11.1 Å². The first-order valence-electron chi connectivity index (χ1n) is 11.6. The maximum atomic E-state index is 13.1. The van der Waals surface area contributed by atoms with Crippen LogP contribution < -0.4 is 29.4 Å². The molecule has 0 aliphatic heterocycles.